The predicted octanol–water partition coefficient (Wildman–Crippen LogP) is 4.77. The lowest BCUT2D eigenvalue weighted by Gasteiger charge is -2.24. The molecule has 0 fully saturated rings. The van der Waals surface area contributed by atoms with E-state index in [0.29, 0.717) is 16.4 Å². The Hall–Kier alpha value is -0.790. The van der Waals surface area contributed by atoms with Crippen LogP contribution in [-0.4, -0.2) is 8.42 Å². The molecule has 0 bridgehead atoms. The Morgan fingerprint density at radius 1 is 1.05 bits per heavy atom. The molecule has 0 unspecified atom stereocenters. The van der Waals surface area contributed by atoms with Crippen molar-refractivity contribution < 1.29 is 8.42 Å². The summed E-state index contributed by atoms with van der Waals surface area (Å²) in [6.07, 6.45) is 0. The van der Waals surface area contributed by atoms with Crippen LogP contribution in [0.1, 0.15) is 11.1 Å². The zero-order valence-electron chi connectivity index (χ0n) is 11.0. The highest BCUT2D eigenvalue weighted by atomic mass is 127. The molecule has 3 nitrogen and oxygen atoms in total. The van der Waals surface area contributed by atoms with Crippen molar-refractivity contribution in [1.29, 1.82) is 0 Å². The number of rotatable bonds is 3. The first kappa shape index (κ1) is 15.6. The van der Waals surface area contributed by atoms with Crippen molar-refractivity contribution in [2.24, 2.45) is 0 Å². The Labute approximate surface area is 136 Å². The van der Waals surface area contributed by atoms with Crippen LogP contribution in [0.5, 0.6) is 0 Å². The van der Waals surface area contributed by atoms with E-state index >= 15 is 0 Å². The van der Waals surface area contributed by atoms with E-state index in [1.807, 2.05) is 32.0 Å². The van der Waals surface area contributed by atoms with Crippen LogP contribution in [0.3, 0.4) is 0 Å². The number of nitrogens with zero attached hydrogens (tertiary/aromatic N) is 1. The van der Waals surface area contributed by atoms with Gasteiger partial charge in [-0.25, -0.2) is 4.31 Å². The largest absolute Gasteiger partial charge is 0.293 e. The molecular weight excluding hydrogens is 409 g/mol. The average Bonchev–Trinajstić information content (AvgIpc) is 2.35. The molecule has 0 radical (unpaired) electrons. The molecule has 2 aromatic rings. The Kier molecular flexibility index (Phi) is 4.61. The van der Waals surface area contributed by atoms with Gasteiger partial charge in [-0.3, -0.25) is 0 Å². The van der Waals surface area contributed by atoms with E-state index in [9.17, 15) is 8.42 Å². The van der Waals surface area contributed by atoms with Crippen molar-refractivity contribution in [2.45, 2.75) is 13.8 Å². The van der Waals surface area contributed by atoms with Crippen LogP contribution >= 0.6 is 32.8 Å². The second-order valence-electron chi connectivity index (χ2n) is 4.43. The van der Waals surface area contributed by atoms with Crippen molar-refractivity contribution in [3.8, 4) is 0 Å². The maximum absolute atomic E-state index is 12.2. The van der Waals surface area contributed by atoms with E-state index in [0.717, 1.165) is 11.1 Å². The minimum absolute atomic E-state index is 0.603. The van der Waals surface area contributed by atoms with Gasteiger partial charge in [0.1, 0.15) is 0 Å². The van der Waals surface area contributed by atoms with E-state index in [-0.39, 0.29) is 0 Å². The monoisotopic (exact) mass is 421 g/mol. The fraction of sp³-hybridized carbons (Fsp3) is 0.143. The smallest absolute Gasteiger partial charge is 0.230 e. The number of anilines is 2. The summed E-state index contributed by atoms with van der Waals surface area (Å²) in [6, 6.07) is 12.6. The van der Waals surface area contributed by atoms with Gasteiger partial charge < -0.3 is 0 Å². The molecule has 6 heteroatoms. The van der Waals surface area contributed by atoms with Crippen LogP contribution in [0.25, 0.3) is 0 Å². The number of para-hydroxylation sites is 1. The number of hydrogen-bond acceptors (Lipinski definition) is 2. The summed E-state index contributed by atoms with van der Waals surface area (Å²) in [4.78, 5) is 0. The highest BCUT2D eigenvalue weighted by molar-refractivity contribution is 14.2. The maximum Gasteiger partial charge on any atom is 0.293 e. The molecule has 0 aliphatic heterocycles. The van der Waals surface area contributed by atoms with Crippen LogP contribution < -0.4 is 4.31 Å². The van der Waals surface area contributed by atoms with Crippen molar-refractivity contribution >= 4 is 51.4 Å². The summed E-state index contributed by atoms with van der Waals surface area (Å²) in [7, 11) is -3.46. The number of hydrogen-bond donors (Lipinski definition) is 0. The van der Waals surface area contributed by atoms with Gasteiger partial charge in [-0.2, -0.15) is 8.42 Å². The Balaban J connectivity index is 2.69. The lowest BCUT2D eigenvalue weighted by Crippen LogP contribution is -2.21. The van der Waals surface area contributed by atoms with Crippen LogP contribution in [-0.2, 0) is 7.19 Å². The first-order valence-corrected chi connectivity index (χ1v) is 10.2. The van der Waals surface area contributed by atoms with Gasteiger partial charge in [0.15, 0.2) is 0 Å². The molecular formula is C14H13ClINO2S. The molecule has 0 N–H and O–H groups in total. The fourth-order valence-electron chi connectivity index (χ4n) is 1.93. The van der Waals surface area contributed by atoms with Gasteiger partial charge >= 0.3 is 0 Å². The molecule has 106 valence electrons. The van der Waals surface area contributed by atoms with Gasteiger partial charge in [0.05, 0.1) is 32.6 Å². The minimum Gasteiger partial charge on any atom is -0.230 e. The molecule has 0 aliphatic carbocycles. The van der Waals surface area contributed by atoms with E-state index in [4.69, 9.17) is 11.6 Å². The Morgan fingerprint density at radius 3 is 2.20 bits per heavy atom. The number of aryl methyl sites for hydroxylation is 2. The van der Waals surface area contributed by atoms with Crippen LogP contribution in [0.15, 0.2) is 42.5 Å². The van der Waals surface area contributed by atoms with Gasteiger partial charge in [-0.05, 0) is 49.2 Å². The van der Waals surface area contributed by atoms with Gasteiger partial charge in [0.25, 0.3) is 7.19 Å². The lowest BCUT2D eigenvalue weighted by atomic mass is 10.1. The highest BCUT2D eigenvalue weighted by Gasteiger charge is 2.23. The van der Waals surface area contributed by atoms with Crippen molar-refractivity contribution in [1.82, 2.24) is 0 Å². The maximum atomic E-state index is 12.2. The summed E-state index contributed by atoms with van der Waals surface area (Å²) < 4.78 is 25.6. The zero-order chi connectivity index (χ0) is 14.9. The lowest BCUT2D eigenvalue weighted by molar-refractivity contribution is 0.612. The molecule has 0 aliphatic rings. The van der Waals surface area contributed by atoms with Crippen LogP contribution in [0.2, 0.25) is 5.02 Å². The van der Waals surface area contributed by atoms with Crippen molar-refractivity contribution in [2.75, 3.05) is 4.31 Å². The van der Waals surface area contributed by atoms with E-state index in [1.54, 1.807) is 24.3 Å². The molecule has 0 amide bonds. The number of halogens is 2. The van der Waals surface area contributed by atoms with Crippen LogP contribution in [0.4, 0.5) is 11.4 Å². The normalized spacial score (nSPS) is 11.4. The zero-order valence-corrected chi connectivity index (χ0v) is 14.7. The first-order chi connectivity index (χ1) is 9.30. The summed E-state index contributed by atoms with van der Waals surface area (Å²) in [5, 5.41) is 0.630. The van der Waals surface area contributed by atoms with Gasteiger partial charge in [-0.1, -0.05) is 29.8 Å². The van der Waals surface area contributed by atoms with Gasteiger partial charge in [0.2, 0.25) is 0 Å². The topological polar surface area (TPSA) is 37.4 Å². The quantitative estimate of drug-likeness (QED) is 0.528. The van der Waals surface area contributed by atoms with Crippen molar-refractivity contribution in [3.05, 3.63) is 58.6 Å². The van der Waals surface area contributed by atoms with Gasteiger partial charge in [-0.15, -0.1) is 0 Å². The Bertz CT molecular complexity index is 732. The SMILES string of the molecule is Cc1cc(N(c2ccccc2)S(=O)(=O)I)c(C)cc1Cl. The molecule has 2 aromatic carbocycles. The summed E-state index contributed by atoms with van der Waals surface area (Å²) in [6.45, 7) is 3.70. The van der Waals surface area contributed by atoms with Crippen LogP contribution in [0, 0.1) is 13.8 Å². The molecule has 0 saturated carbocycles. The second-order valence-corrected chi connectivity index (χ2v) is 9.37. The number of benzene rings is 2. The highest BCUT2D eigenvalue weighted by Crippen LogP contribution is 2.36. The summed E-state index contributed by atoms with van der Waals surface area (Å²) >= 11 is 7.53. The van der Waals surface area contributed by atoms with Crippen molar-refractivity contribution in [3.63, 3.8) is 0 Å². The first-order valence-electron chi connectivity index (χ1n) is 5.87. The standard InChI is InChI=1S/C14H13ClINO2S/c1-10-9-14(11(2)8-13(10)15)17(20(16,18)19)12-6-4-3-5-7-12/h3-9H,1-2H3. The summed E-state index contributed by atoms with van der Waals surface area (Å²) in [5.41, 5.74) is 2.87. The third-order valence-electron chi connectivity index (χ3n) is 2.90. The van der Waals surface area contributed by atoms with E-state index in [1.165, 1.54) is 25.5 Å². The molecule has 0 heterocycles. The molecule has 0 atom stereocenters. The molecule has 20 heavy (non-hydrogen) atoms. The van der Waals surface area contributed by atoms with E-state index in [2.05, 4.69) is 0 Å². The van der Waals surface area contributed by atoms with E-state index < -0.39 is 7.19 Å². The molecule has 0 saturated heterocycles. The predicted molar refractivity (Wildman–Crippen MR) is 92.4 cm³/mol. The average molecular weight is 422 g/mol. The summed E-state index contributed by atoms with van der Waals surface area (Å²) in [5.74, 6) is 0. The molecule has 0 aromatic heterocycles. The molecule has 0 spiro atoms. The third-order valence-corrected chi connectivity index (χ3v) is 5.34. The Morgan fingerprint density at radius 2 is 1.65 bits per heavy atom. The second kappa shape index (κ2) is 5.91. The fourth-order valence-corrected chi connectivity index (χ4v) is 4.27. The van der Waals surface area contributed by atoms with Gasteiger partial charge in [0, 0.05) is 5.02 Å². The minimum atomic E-state index is -3.46. The molecule has 2 rings (SSSR count). The third kappa shape index (κ3) is 3.27.